The van der Waals surface area contributed by atoms with Gasteiger partial charge < -0.3 is 14.6 Å². The highest BCUT2D eigenvalue weighted by Crippen LogP contribution is 2.33. The molecule has 1 N–H and O–H groups in total. The Balaban J connectivity index is 2.80. The summed E-state index contributed by atoms with van der Waals surface area (Å²) >= 11 is 0. The molecule has 13 heavy (non-hydrogen) atoms. The Kier molecular flexibility index (Phi) is 2.93. The molecule has 1 heterocycles. The van der Waals surface area contributed by atoms with Crippen LogP contribution in [0.4, 0.5) is 0 Å². The van der Waals surface area contributed by atoms with Crippen LogP contribution in [0.5, 0.6) is 0 Å². The predicted octanol–water partition coefficient (Wildman–Crippen LogP) is 0.540. The lowest BCUT2D eigenvalue weighted by molar-refractivity contribution is -0.258. The summed E-state index contributed by atoms with van der Waals surface area (Å²) in [7, 11) is 1.32. The van der Waals surface area contributed by atoms with Crippen molar-refractivity contribution in [3.05, 3.63) is 0 Å². The summed E-state index contributed by atoms with van der Waals surface area (Å²) < 4.78 is 9.74. The normalized spacial score (nSPS) is 40.0. The summed E-state index contributed by atoms with van der Waals surface area (Å²) in [6.45, 7) is 3.91. The number of ether oxygens (including phenoxy) is 2. The van der Waals surface area contributed by atoms with Crippen LogP contribution in [0, 0.1) is 11.8 Å². The second-order valence-corrected chi connectivity index (χ2v) is 3.67. The summed E-state index contributed by atoms with van der Waals surface area (Å²) in [5.74, 6) is -2.27. The summed E-state index contributed by atoms with van der Waals surface area (Å²) in [5, 5.41) is 9.78. The van der Waals surface area contributed by atoms with Gasteiger partial charge in [-0.1, -0.05) is 6.92 Å². The Morgan fingerprint density at radius 3 is 2.77 bits per heavy atom. The van der Waals surface area contributed by atoms with Gasteiger partial charge in [-0.25, -0.2) is 0 Å². The van der Waals surface area contributed by atoms with E-state index in [-0.39, 0.29) is 5.92 Å². The van der Waals surface area contributed by atoms with Crippen LogP contribution in [0.15, 0.2) is 0 Å². The first-order chi connectivity index (χ1) is 5.99. The number of carbonyl (C=O) groups is 1. The molecule has 0 amide bonds. The van der Waals surface area contributed by atoms with Gasteiger partial charge in [-0.3, -0.25) is 4.79 Å². The minimum Gasteiger partial charge on any atom is -0.469 e. The third kappa shape index (κ3) is 2.00. The number of esters is 1. The van der Waals surface area contributed by atoms with E-state index in [9.17, 15) is 9.90 Å². The van der Waals surface area contributed by atoms with E-state index >= 15 is 0 Å². The minimum absolute atomic E-state index is 0.0937. The van der Waals surface area contributed by atoms with E-state index in [0.717, 1.165) is 6.42 Å². The number of rotatable bonds is 1. The van der Waals surface area contributed by atoms with Gasteiger partial charge in [-0.15, -0.1) is 0 Å². The van der Waals surface area contributed by atoms with Crippen LogP contribution >= 0.6 is 0 Å². The highest BCUT2D eigenvalue weighted by molar-refractivity contribution is 5.73. The maximum Gasteiger partial charge on any atom is 0.314 e. The molecular weight excluding hydrogens is 172 g/mol. The third-order valence-corrected chi connectivity index (χ3v) is 2.57. The molecule has 1 rings (SSSR count). The Morgan fingerprint density at radius 2 is 2.31 bits per heavy atom. The molecule has 1 saturated heterocycles. The first-order valence-corrected chi connectivity index (χ1v) is 4.43. The molecule has 1 aliphatic rings. The van der Waals surface area contributed by atoms with Gasteiger partial charge in [0.2, 0.25) is 0 Å². The van der Waals surface area contributed by atoms with Crippen molar-refractivity contribution in [1.29, 1.82) is 0 Å². The molecule has 1 fully saturated rings. The van der Waals surface area contributed by atoms with Gasteiger partial charge in [0.15, 0.2) is 5.79 Å². The molecule has 0 aromatic heterocycles. The van der Waals surface area contributed by atoms with Crippen molar-refractivity contribution in [2.75, 3.05) is 13.7 Å². The molecule has 4 nitrogen and oxygen atoms in total. The number of methoxy groups -OCH3 is 1. The highest BCUT2D eigenvalue weighted by Gasteiger charge is 2.45. The summed E-state index contributed by atoms with van der Waals surface area (Å²) in [6, 6.07) is 0. The van der Waals surface area contributed by atoms with Crippen molar-refractivity contribution in [3.8, 4) is 0 Å². The van der Waals surface area contributed by atoms with E-state index in [2.05, 4.69) is 4.74 Å². The molecule has 0 saturated carbocycles. The average molecular weight is 188 g/mol. The van der Waals surface area contributed by atoms with Crippen molar-refractivity contribution < 1.29 is 19.4 Å². The minimum atomic E-state index is -1.38. The number of aliphatic hydroxyl groups is 1. The van der Waals surface area contributed by atoms with E-state index in [1.54, 1.807) is 0 Å². The van der Waals surface area contributed by atoms with Crippen molar-refractivity contribution >= 4 is 5.97 Å². The number of hydrogen-bond donors (Lipinski definition) is 1. The molecule has 2 unspecified atom stereocenters. The lowest BCUT2D eigenvalue weighted by Crippen LogP contribution is -2.49. The van der Waals surface area contributed by atoms with Gasteiger partial charge in [0.25, 0.3) is 0 Å². The molecular formula is C9H16O4. The summed E-state index contributed by atoms with van der Waals surface area (Å²) in [6.07, 6.45) is 0.774. The number of hydrogen-bond acceptors (Lipinski definition) is 4. The maximum atomic E-state index is 11.3. The van der Waals surface area contributed by atoms with Crippen LogP contribution in [-0.4, -0.2) is 30.6 Å². The fraction of sp³-hybridized carbons (Fsp3) is 0.889. The zero-order valence-electron chi connectivity index (χ0n) is 8.24. The van der Waals surface area contributed by atoms with Gasteiger partial charge in [-0.05, 0) is 19.3 Å². The number of carbonyl (C=O) groups excluding carboxylic acids is 1. The summed E-state index contributed by atoms with van der Waals surface area (Å²) in [5.41, 5.74) is 0. The molecule has 0 aliphatic carbocycles. The molecule has 0 bridgehead atoms. The van der Waals surface area contributed by atoms with E-state index in [1.807, 2.05) is 6.92 Å². The highest BCUT2D eigenvalue weighted by atomic mass is 16.6. The van der Waals surface area contributed by atoms with Crippen LogP contribution < -0.4 is 0 Å². The van der Waals surface area contributed by atoms with Crippen LogP contribution in [0.25, 0.3) is 0 Å². The van der Waals surface area contributed by atoms with Gasteiger partial charge in [0.1, 0.15) is 5.92 Å². The van der Waals surface area contributed by atoms with E-state index in [4.69, 9.17) is 4.74 Å². The molecule has 0 radical (unpaired) electrons. The zero-order chi connectivity index (χ0) is 10.1. The Labute approximate surface area is 77.8 Å². The Hall–Kier alpha value is -0.610. The van der Waals surface area contributed by atoms with Crippen LogP contribution in [-0.2, 0) is 14.3 Å². The third-order valence-electron chi connectivity index (χ3n) is 2.57. The topological polar surface area (TPSA) is 55.8 Å². The Bertz CT molecular complexity index is 200. The fourth-order valence-corrected chi connectivity index (χ4v) is 1.81. The molecule has 4 heteroatoms. The van der Waals surface area contributed by atoms with E-state index in [1.165, 1.54) is 14.0 Å². The molecule has 1 aliphatic heterocycles. The fourth-order valence-electron chi connectivity index (χ4n) is 1.81. The van der Waals surface area contributed by atoms with Crippen LogP contribution in [0.2, 0.25) is 0 Å². The van der Waals surface area contributed by atoms with Gasteiger partial charge in [0.05, 0.1) is 13.7 Å². The van der Waals surface area contributed by atoms with Crippen molar-refractivity contribution in [2.24, 2.45) is 11.8 Å². The maximum absolute atomic E-state index is 11.3. The lowest BCUT2D eigenvalue weighted by Gasteiger charge is -2.38. The molecule has 0 aromatic rings. The largest absolute Gasteiger partial charge is 0.469 e. The molecule has 76 valence electrons. The SMILES string of the molecule is COC(=O)C1[C@H](C)CCOC1(C)O. The van der Waals surface area contributed by atoms with Crippen molar-refractivity contribution in [3.63, 3.8) is 0 Å². The van der Waals surface area contributed by atoms with Crippen molar-refractivity contribution in [1.82, 2.24) is 0 Å². The zero-order valence-corrected chi connectivity index (χ0v) is 8.24. The monoisotopic (exact) mass is 188 g/mol. The average Bonchev–Trinajstić information content (AvgIpc) is 2.02. The quantitative estimate of drug-likeness (QED) is 0.610. The molecule has 0 spiro atoms. The van der Waals surface area contributed by atoms with Gasteiger partial charge in [0, 0.05) is 0 Å². The predicted molar refractivity (Wildman–Crippen MR) is 45.9 cm³/mol. The summed E-state index contributed by atoms with van der Waals surface area (Å²) in [4.78, 5) is 11.3. The van der Waals surface area contributed by atoms with E-state index in [0.29, 0.717) is 6.61 Å². The molecule has 3 atom stereocenters. The Morgan fingerprint density at radius 1 is 1.69 bits per heavy atom. The first kappa shape index (κ1) is 10.5. The van der Waals surface area contributed by atoms with Gasteiger partial charge in [-0.2, -0.15) is 0 Å². The lowest BCUT2D eigenvalue weighted by atomic mass is 9.83. The van der Waals surface area contributed by atoms with Crippen LogP contribution in [0.3, 0.4) is 0 Å². The van der Waals surface area contributed by atoms with Crippen LogP contribution in [0.1, 0.15) is 20.3 Å². The standard InChI is InChI=1S/C9H16O4/c1-6-4-5-13-9(2,11)7(6)8(10)12-3/h6-7,11H,4-5H2,1-3H3/t6-,7?,9?/m1/s1. The van der Waals surface area contributed by atoms with E-state index < -0.39 is 17.7 Å². The second kappa shape index (κ2) is 3.64. The first-order valence-electron chi connectivity index (χ1n) is 4.43. The molecule has 0 aromatic carbocycles. The smallest absolute Gasteiger partial charge is 0.314 e. The van der Waals surface area contributed by atoms with Gasteiger partial charge >= 0.3 is 5.97 Å². The van der Waals surface area contributed by atoms with Crippen molar-refractivity contribution in [2.45, 2.75) is 26.1 Å². The second-order valence-electron chi connectivity index (χ2n) is 3.67.